The van der Waals surface area contributed by atoms with E-state index >= 15 is 0 Å². The van der Waals surface area contributed by atoms with Crippen LogP contribution in [0.5, 0.6) is 0 Å². The van der Waals surface area contributed by atoms with E-state index in [-0.39, 0.29) is 0 Å². The lowest BCUT2D eigenvalue weighted by molar-refractivity contribution is -0.929. The molecule has 2 nitrogen and oxygen atoms in total. The summed E-state index contributed by atoms with van der Waals surface area (Å²) in [6.07, 6.45) is 1.95. The SMILES string of the molecule is C=Cc1ccccc1C[N+]1(C)CCOCC1. The van der Waals surface area contributed by atoms with Crippen molar-refractivity contribution in [2.45, 2.75) is 6.54 Å². The van der Waals surface area contributed by atoms with Gasteiger partial charge in [0.25, 0.3) is 0 Å². The van der Waals surface area contributed by atoms with Gasteiger partial charge >= 0.3 is 0 Å². The zero-order valence-electron chi connectivity index (χ0n) is 9.98. The highest BCUT2D eigenvalue weighted by Gasteiger charge is 2.25. The molecule has 2 rings (SSSR count). The highest BCUT2D eigenvalue weighted by molar-refractivity contribution is 5.51. The summed E-state index contributed by atoms with van der Waals surface area (Å²) in [4.78, 5) is 0. The third-order valence-electron chi connectivity index (χ3n) is 3.38. The van der Waals surface area contributed by atoms with Gasteiger partial charge in [0.15, 0.2) is 0 Å². The second-order valence-electron chi connectivity index (χ2n) is 4.74. The molecule has 0 saturated carbocycles. The molecular formula is C14H20NO+. The van der Waals surface area contributed by atoms with E-state index < -0.39 is 0 Å². The summed E-state index contributed by atoms with van der Waals surface area (Å²) in [5.41, 5.74) is 2.65. The van der Waals surface area contributed by atoms with E-state index in [0.29, 0.717) is 0 Å². The molecule has 86 valence electrons. The minimum atomic E-state index is 0.882. The number of quaternary nitrogens is 1. The van der Waals surface area contributed by atoms with Crippen LogP contribution in [0.15, 0.2) is 30.8 Å². The van der Waals surface area contributed by atoms with Crippen LogP contribution >= 0.6 is 0 Å². The monoisotopic (exact) mass is 218 g/mol. The summed E-state index contributed by atoms with van der Waals surface area (Å²) in [6.45, 7) is 8.92. The summed E-state index contributed by atoms with van der Waals surface area (Å²) in [5, 5.41) is 0. The molecule has 16 heavy (non-hydrogen) atoms. The Morgan fingerprint density at radius 2 is 2.00 bits per heavy atom. The van der Waals surface area contributed by atoms with Crippen LogP contribution in [0.4, 0.5) is 0 Å². The number of rotatable bonds is 3. The number of nitrogens with zero attached hydrogens (tertiary/aromatic N) is 1. The minimum Gasteiger partial charge on any atom is -0.370 e. The van der Waals surface area contributed by atoms with Crippen LogP contribution < -0.4 is 0 Å². The summed E-state index contributed by atoms with van der Waals surface area (Å²) in [7, 11) is 2.31. The number of morpholine rings is 1. The van der Waals surface area contributed by atoms with E-state index in [1.54, 1.807) is 0 Å². The van der Waals surface area contributed by atoms with Crippen molar-refractivity contribution in [2.75, 3.05) is 33.4 Å². The topological polar surface area (TPSA) is 9.23 Å². The molecule has 1 fully saturated rings. The average Bonchev–Trinajstić information content (AvgIpc) is 2.30. The first kappa shape index (κ1) is 11.4. The number of ether oxygens (including phenoxy) is 1. The van der Waals surface area contributed by atoms with Gasteiger partial charge in [-0.1, -0.05) is 36.9 Å². The van der Waals surface area contributed by atoms with Crippen molar-refractivity contribution in [3.05, 3.63) is 42.0 Å². The number of likely N-dealkylation sites (N-methyl/N-ethyl adjacent to an activating group) is 1. The molecule has 0 aliphatic carbocycles. The highest BCUT2D eigenvalue weighted by atomic mass is 16.5. The maximum atomic E-state index is 5.42. The van der Waals surface area contributed by atoms with Crippen LogP contribution in [0.25, 0.3) is 6.08 Å². The normalized spacial score (nSPS) is 19.3. The second-order valence-corrected chi connectivity index (χ2v) is 4.74. The number of hydrogen-bond donors (Lipinski definition) is 0. The summed E-state index contributed by atoms with van der Waals surface area (Å²) >= 11 is 0. The third kappa shape index (κ3) is 2.52. The van der Waals surface area contributed by atoms with Crippen molar-refractivity contribution in [3.8, 4) is 0 Å². The van der Waals surface area contributed by atoms with E-state index in [9.17, 15) is 0 Å². The Bertz CT molecular complexity index is 367. The molecule has 0 bridgehead atoms. The average molecular weight is 218 g/mol. The van der Waals surface area contributed by atoms with Crippen LogP contribution in [0.1, 0.15) is 11.1 Å². The molecule has 0 spiro atoms. The van der Waals surface area contributed by atoms with E-state index in [1.807, 2.05) is 6.08 Å². The van der Waals surface area contributed by atoms with Crippen molar-refractivity contribution >= 4 is 6.08 Å². The molecule has 1 heterocycles. The van der Waals surface area contributed by atoms with E-state index in [0.717, 1.165) is 37.3 Å². The molecule has 0 atom stereocenters. The molecule has 1 aromatic carbocycles. The molecule has 1 aromatic rings. The molecule has 1 saturated heterocycles. The van der Waals surface area contributed by atoms with Crippen LogP contribution in [0, 0.1) is 0 Å². The van der Waals surface area contributed by atoms with Gasteiger partial charge in [0.05, 0.1) is 20.3 Å². The maximum absolute atomic E-state index is 5.42. The fourth-order valence-corrected chi connectivity index (χ4v) is 2.23. The molecule has 1 aliphatic rings. The fraction of sp³-hybridized carbons (Fsp3) is 0.429. The zero-order valence-corrected chi connectivity index (χ0v) is 9.98. The Labute approximate surface area is 97.7 Å². The number of benzene rings is 1. The Balaban J connectivity index is 2.15. The van der Waals surface area contributed by atoms with E-state index in [1.165, 1.54) is 11.1 Å². The van der Waals surface area contributed by atoms with Gasteiger partial charge in [0.1, 0.15) is 19.6 Å². The predicted octanol–water partition coefficient (Wildman–Crippen LogP) is 2.31. The molecular weight excluding hydrogens is 198 g/mol. The fourth-order valence-electron chi connectivity index (χ4n) is 2.23. The van der Waals surface area contributed by atoms with Gasteiger partial charge in [-0.15, -0.1) is 0 Å². The Hall–Kier alpha value is -1.12. The lowest BCUT2D eigenvalue weighted by atomic mass is 10.1. The lowest BCUT2D eigenvalue weighted by Gasteiger charge is -2.37. The summed E-state index contributed by atoms with van der Waals surface area (Å²) in [5.74, 6) is 0. The van der Waals surface area contributed by atoms with Gasteiger partial charge < -0.3 is 9.22 Å². The van der Waals surface area contributed by atoms with E-state index in [4.69, 9.17) is 4.74 Å². The zero-order chi connectivity index (χ0) is 11.4. The molecule has 0 N–H and O–H groups in total. The Morgan fingerprint density at radius 1 is 1.31 bits per heavy atom. The quantitative estimate of drug-likeness (QED) is 0.707. The summed E-state index contributed by atoms with van der Waals surface area (Å²) < 4.78 is 6.50. The lowest BCUT2D eigenvalue weighted by Crippen LogP contribution is -2.51. The van der Waals surface area contributed by atoms with Gasteiger partial charge in [-0.05, 0) is 5.56 Å². The van der Waals surface area contributed by atoms with Crippen molar-refractivity contribution in [1.82, 2.24) is 0 Å². The van der Waals surface area contributed by atoms with Gasteiger partial charge in [0.2, 0.25) is 0 Å². The third-order valence-corrected chi connectivity index (χ3v) is 3.38. The van der Waals surface area contributed by atoms with Gasteiger partial charge in [0, 0.05) is 5.56 Å². The van der Waals surface area contributed by atoms with Crippen LogP contribution in [-0.2, 0) is 11.3 Å². The minimum absolute atomic E-state index is 0.882. The molecule has 0 amide bonds. The first-order chi connectivity index (χ1) is 7.73. The van der Waals surface area contributed by atoms with E-state index in [2.05, 4.69) is 37.9 Å². The first-order valence-corrected chi connectivity index (χ1v) is 5.85. The molecule has 0 radical (unpaired) electrons. The van der Waals surface area contributed by atoms with Crippen molar-refractivity contribution < 1.29 is 9.22 Å². The standard InChI is InChI=1S/C14H20NO/c1-3-13-6-4-5-7-14(13)12-15(2)8-10-16-11-9-15/h3-7H,1,8-12H2,2H3/q+1. The largest absolute Gasteiger partial charge is 0.370 e. The predicted molar refractivity (Wildman–Crippen MR) is 67.0 cm³/mol. The number of hydrogen-bond acceptors (Lipinski definition) is 1. The molecule has 1 aliphatic heterocycles. The Kier molecular flexibility index (Phi) is 3.42. The molecule has 0 aromatic heterocycles. The first-order valence-electron chi connectivity index (χ1n) is 5.85. The van der Waals surface area contributed by atoms with Crippen LogP contribution in [-0.4, -0.2) is 37.8 Å². The van der Waals surface area contributed by atoms with Gasteiger partial charge in [-0.3, -0.25) is 0 Å². The van der Waals surface area contributed by atoms with Crippen LogP contribution in [0.2, 0.25) is 0 Å². The molecule has 0 unspecified atom stereocenters. The van der Waals surface area contributed by atoms with Gasteiger partial charge in [-0.25, -0.2) is 0 Å². The van der Waals surface area contributed by atoms with Crippen molar-refractivity contribution in [1.29, 1.82) is 0 Å². The van der Waals surface area contributed by atoms with Crippen molar-refractivity contribution in [2.24, 2.45) is 0 Å². The maximum Gasteiger partial charge on any atom is 0.105 e. The Morgan fingerprint density at radius 3 is 2.69 bits per heavy atom. The smallest absolute Gasteiger partial charge is 0.105 e. The molecule has 2 heteroatoms. The highest BCUT2D eigenvalue weighted by Crippen LogP contribution is 2.18. The van der Waals surface area contributed by atoms with Crippen molar-refractivity contribution in [3.63, 3.8) is 0 Å². The second kappa shape index (κ2) is 4.81. The summed E-state index contributed by atoms with van der Waals surface area (Å²) in [6, 6.07) is 8.51. The van der Waals surface area contributed by atoms with Gasteiger partial charge in [-0.2, -0.15) is 0 Å². The van der Waals surface area contributed by atoms with Crippen LogP contribution in [0.3, 0.4) is 0 Å².